The van der Waals surface area contributed by atoms with Crippen LogP contribution in [0.2, 0.25) is 0 Å². The maximum Gasteiger partial charge on any atom is 0.125 e. The largest absolute Gasteiger partial charge is 0.490 e. The molecular weight excluding hydrogens is 368 g/mol. The molecule has 0 aliphatic carbocycles. The van der Waals surface area contributed by atoms with Crippen LogP contribution in [0.15, 0.2) is 24.3 Å². The summed E-state index contributed by atoms with van der Waals surface area (Å²) in [6.45, 7) is 9.35. The zero-order valence-electron chi connectivity index (χ0n) is 17.8. The van der Waals surface area contributed by atoms with Crippen molar-refractivity contribution in [1.82, 2.24) is 0 Å². The summed E-state index contributed by atoms with van der Waals surface area (Å²) in [5.74, 6) is 1.70. The van der Waals surface area contributed by atoms with Crippen molar-refractivity contribution in [3.8, 4) is 22.6 Å². The van der Waals surface area contributed by atoms with Crippen LogP contribution in [0, 0.1) is 27.7 Å². The maximum absolute atomic E-state index is 9.54. The monoisotopic (exact) mass is 400 g/mol. The summed E-state index contributed by atoms with van der Waals surface area (Å²) in [5, 5.41) is 18.5. The summed E-state index contributed by atoms with van der Waals surface area (Å²) >= 11 is 0. The van der Waals surface area contributed by atoms with E-state index >= 15 is 0 Å². The smallest absolute Gasteiger partial charge is 0.125 e. The molecule has 2 atom stereocenters. The molecular formula is C24H32O5. The van der Waals surface area contributed by atoms with E-state index in [1.54, 1.807) is 0 Å². The minimum absolute atomic E-state index is 0.0759. The predicted octanol–water partition coefficient (Wildman–Crippen LogP) is 3.88. The van der Waals surface area contributed by atoms with E-state index in [0.29, 0.717) is 6.61 Å². The average Bonchev–Trinajstić information content (AvgIpc) is 3.19. The van der Waals surface area contributed by atoms with Gasteiger partial charge in [0.2, 0.25) is 0 Å². The van der Waals surface area contributed by atoms with Gasteiger partial charge in [0.1, 0.15) is 30.8 Å². The van der Waals surface area contributed by atoms with E-state index in [2.05, 4.69) is 38.1 Å². The van der Waals surface area contributed by atoms with Crippen LogP contribution >= 0.6 is 0 Å². The molecule has 1 saturated heterocycles. The van der Waals surface area contributed by atoms with Gasteiger partial charge >= 0.3 is 0 Å². The average molecular weight is 401 g/mol. The van der Waals surface area contributed by atoms with Gasteiger partial charge in [-0.15, -0.1) is 0 Å². The molecule has 3 rings (SSSR count). The van der Waals surface area contributed by atoms with Crippen LogP contribution in [0.3, 0.4) is 0 Å². The number of ether oxygens (including phenoxy) is 3. The molecule has 0 radical (unpaired) electrons. The molecule has 1 aliphatic heterocycles. The van der Waals surface area contributed by atoms with Crippen LogP contribution < -0.4 is 9.47 Å². The molecule has 2 N–H and O–H groups in total. The summed E-state index contributed by atoms with van der Waals surface area (Å²) < 4.78 is 17.5. The van der Waals surface area contributed by atoms with Crippen molar-refractivity contribution >= 4 is 0 Å². The van der Waals surface area contributed by atoms with E-state index in [9.17, 15) is 5.11 Å². The first-order valence-electron chi connectivity index (χ1n) is 10.3. The SMILES string of the molecule is Cc1cc(-c2cc(C)c(OCC3CCCO3)c(C)c2)cc(C)c1OCC(O)CO. The third-order valence-corrected chi connectivity index (χ3v) is 5.32. The second-order valence-corrected chi connectivity index (χ2v) is 7.97. The number of hydrogen-bond donors (Lipinski definition) is 2. The molecule has 0 saturated carbocycles. The second-order valence-electron chi connectivity index (χ2n) is 7.97. The Morgan fingerprint density at radius 3 is 1.90 bits per heavy atom. The summed E-state index contributed by atoms with van der Waals surface area (Å²) in [6, 6.07) is 8.49. The fourth-order valence-electron chi connectivity index (χ4n) is 3.87. The molecule has 1 aliphatic rings. The fourth-order valence-corrected chi connectivity index (χ4v) is 3.87. The van der Waals surface area contributed by atoms with Gasteiger partial charge in [-0.1, -0.05) is 0 Å². The Morgan fingerprint density at radius 2 is 1.45 bits per heavy atom. The number of aliphatic hydroxyl groups is 2. The Morgan fingerprint density at radius 1 is 0.931 bits per heavy atom. The lowest BCUT2D eigenvalue weighted by molar-refractivity contribution is 0.0532. The standard InChI is InChI=1S/C24H32O5/c1-15-8-19(9-16(2)23(15)28-13-21(26)12-25)20-10-17(3)24(18(4)11-20)29-14-22-6-5-7-27-22/h8-11,21-22,25-26H,5-7,12-14H2,1-4H3. The van der Waals surface area contributed by atoms with E-state index in [4.69, 9.17) is 19.3 Å². The van der Waals surface area contributed by atoms with Gasteiger partial charge in [-0.25, -0.2) is 0 Å². The number of aliphatic hydroxyl groups excluding tert-OH is 2. The van der Waals surface area contributed by atoms with E-state index in [1.165, 1.54) is 0 Å². The molecule has 2 aromatic carbocycles. The fraction of sp³-hybridized carbons (Fsp3) is 0.500. The number of rotatable bonds is 8. The molecule has 0 amide bonds. The second kappa shape index (κ2) is 9.61. The maximum atomic E-state index is 9.54. The van der Waals surface area contributed by atoms with Crippen molar-refractivity contribution in [3.05, 3.63) is 46.5 Å². The molecule has 0 bridgehead atoms. The first-order chi connectivity index (χ1) is 13.9. The lowest BCUT2D eigenvalue weighted by Crippen LogP contribution is -2.21. The van der Waals surface area contributed by atoms with Crippen molar-refractivity contribution in [2.24, 2.45) is 0 Å². The molecule has 5 nitrogen and oxygen atoms in total. The first kappa shape index (κ1) is 21.6. The Labute approximate surface area is 173 Å². The van der Waals surface area contributed by atoms with Gasteiger partial charge < -0.3 is 24.4 Å². The number of aryl methyl sites for hydroxylation is 4. The predicted molar refractivity (Wildman–Crippen MR) is 114 cm³/mol. The molecule has 0 aromatic heterocycles. The molecule has 1 heterocycles. The first-order valence-corrected chi connectivity index (χ1v) is 10.3. The summed E-state index contributed by atoms with van der Waals surface area (Å²) in [7, 11) is 0. The van der Waals surface area contributed by atoms with Crippen LogP contribution in [0.4, 0.5) is 0 Å². The highest BCUT2D eigenvalue weighted by atomic mass is 16.5. The van der Waals surface area contributed by atoms with Crippen LogP contribution in [0.5, 0.6) is 11.5 Å². The lowest BCUT2D eigenvalue weighted by atomic mass is 9.96. The van der Waals surface area contributed by atoms with Crippen molar-refractivity contribution < 1.29 is 24.4 Å². The third kappa shape index (κ3) is 5.30. The van der Waals surface area contributed by atoms with Gasteiger partial charge in [-0.05, 0) is 98.2 Å². The molecule has 0 spiro atoms. The number of hydrogen-bond acceptors (Lipinski definition) is 5. The molecule has 29 heavy (non-hydrogen) atoms. The van der Waals surface area contributed by atoms with Crippen molar-refractivity contribution in [2.45, 2.75) is 52.7 Å². The summed E-state index contributed by atoms with van der Waals surface area (Å²) in [4.78, 5) is 0. The van der Waals surface area contributed by atoms with Crippen molar-refractivity contribution in [1.29, 1.82) is 0 Å². The Bertz CT molecular complexity index is 793. The molecule has 2 unspecified atom stereocenters. The van der Waals surface area contributed by atoms with Crippen molar-refractivity contribution in [2.75, 3.05) is 26.4 Å². The van der Waals surface area contributed by atoms with Crippen LogP contribution in [0.25, 0.3) is 11.1 Å². The highest BCUT2D eigenvalue weighted by Gasteiger charge is 2.18. The van der Waals surface area contributed by atoms with Gasteiger partial charge in [0.25, 0.3) is 0 Å². The van der Waals surface area contributed by atoms with Crippen LogP contribution in [-0.2, 0) is 4.74 Å². The molecule has 5 heteroatoms. The van der Waals surface area contributed by atoms with Gasteiger partial charge in [0.05, 0.1) is 12.7 Å². The van der Waals surface area contributed by atoms with E-state index in [1.807, 2.05) is 13.8 Å². The number of benzene rings is 2. The quantitative estimate of drug-likeness (QED) is 0.704. The minimum atomic E-state index is -0.874. The zero-order valence-corrected chi connectivity index (χ0v) is 17.8. The summed E-state index contributed by atoms with van der Waals surface area (Å²) in [6.07, 6.45) is 1.51. The van der Waals surface area contributed by atoms with Gasteiger partial charge in [-0.3, -0.25) is 0 Å². The zero-order chi connectivity index (χ0) is 21.0. The Kier molecular flexibility index (Phi) is 7.17. The third-order valence-electron chi connectivity index (χ3n) is 5.32. The van der Waals surface area contributed by atoms with E-state index in [0.717, 1.165) is 64.3 Å². The van der Waals surface area contributed by atoms with Gasteiger partial charge in [0.15, 0.2) is 0 Å². The molecule has 158 valence electrons. The van der Waals surface area contributed by atoms with Crippen LogP contribution in [-0.4, -0.2) is 48.8 Å². The normalized spacial score (nSPS) is 17.4. The topological polar surface area (TPSA) is 68.2 Å². The summed E-state index contributed by atoms with van der Waals surface area (Å²) in [5.41, 5.74) is 6.47. The molecule has 1 fully saturated rings. The van der Waals surface area contributed by atoms with Gasteiger partial charge in [-0.2, -0.15) is 0 Å². The van der Waals surface area contributed by atoms with E-state index in [-0.39, 0.29) is 19.3 Å². The minimum Gasteiger partial charge on any atom is -0.490 e. The highest BCUT2D eigenvalue weighted by Crippen LogP contribution is 2.34. The highest BCUT2D eigenvalue weighted by molar-refractivity contribution is 5.70. The Hall–Kier alpha value is -2.08. The molecule has 2 aromatic rings. The van der Waals surface area contributed by atoms with E-state index < -0.39 is 6.10 Å². The lowest BCUT2D eigenvalue weighted by Gasteiger charge is -2.18. The van der Waals surface area contributed by atoms with Crippen LogP contribution in [0.1, 0.15) is 35.1 Å². The van der Waals surface area contributed by atoms with Crippen molar-refractivity contribution in [3.63, 3.8) is 0 Å². The van der Waals surface area contributed by atoms with Gasteiger partial charge in [0, 0.05) is 6.61 Å². The Balaban J connectivity index is 1.79.